The average Bonchev–Trinajstić information content (AvgIpc) is 3.30. The Balaban J connectivity index is 1.62. The van der Waals surface area contributed by atoms with Crippen LogP contribution in [0.15, 0.2) is 51.0 Å². The van der Waals surface area contributed by atoms with E-state index in [1.165, 1.54) is 23.8 Å². The number of nitrogens with zero attached hydrogens (tertiary/aromatic N) is 1. The molecule has 0 saturated carbocycles. The summed E-state index contributed by atoms with van der Waals surface area (Å²) < 4.78 is 16.2. The summed E-state index contributed by atoms with van der Waals surface area (Å²) in [6.45, 7) is 2.17. The fourth-order valence-corrected chi connectivity index (χ4v) is 4.53. The SMILES string of the molecule is CCCCCCc1cc2cc(-c3csc(Nc4cc(OC)ccc4OC)n3)c(=O)oc2cc1O. The lowest BCUT2D eigenvalue weighted by Gasteiger charge is -2.10. The summed E-state index contributed by atoms with van der Waals surface area (Å²) in [5, 5.41) is 16.8. The quantitative estimate of drug-likeness (QED) is 0.197. The van der Waals surface area contributed by atoms with Crippen LogP contribution in [0.1, 0.15) is 38.2 Å². The van der Waals surface area contributed by atoms with Gasteiger partial charge in [0.2, 0.25) is 0 Å². The molecule has 2 aromatic heterocycles. The summed E-state index contributed by atoms with van der Waals surface area (Å²) in [6.07, 6.45) is 5.24. The molecule has 0 atom stereocenters. The molecular formula is C26H28N2O5S. The molecule has 0 aliphatic carbocycles. The Hall–Kier alpha value is -3.52. The van der Waals surface area contributed by atoms with Gasteiger partial charge in [-0.25, -0.2) is 9.78 Å². The molecule has 2 aromatic carbocycles. The van der Waals surface area contributed by atoms with Gasteiger partial charge in [-0.2, -0.15) is 0 Å². The van der Waals surface area contributed by atoms with Gasteiger partial charge in [-0.15, -0.1) is 11.3 Å². The van der Waals surface area contributed by atoms with Gasteiger partial charge in [0.25, 0.3) is 0 Å². The van der Waals surface area contributed by atoms with Gasteiger partial charge in [0.05, 0.1) is 31.2 Å². The Morgan fingerprint density at radius 3 is 2.71 bits per heavy atom. The highest BCUT2D eigenvalue weighted by Gasteiger charge is 2.15. The van der Waals surface area contributed by atoms with Crippen LogP contribution in [0.3, 0.4) is 0 Å². The molecule has 8 heteroatoms. The Morgan fingerprint density at radius 2 is 1.94 bits per heavy atom. The van der Waals surface area contributed by atoms with Crippen LogP contribution in [-0.4, -0.2) is 24.3 Å². The number of thiazole rings is 1. The minimum atomic E-state index is -0.501. The van der Waals surface area contributed by atoms with E-state index in [-0.39, 0.29) is 5.75 Å². The van der Waals surface area contributed by atoms with E-state index in [0.717, 1.165) is 36.6 Å². The average molecular weight is 481 g/mol. The summed E-state index contributed by atoms with van der Waals surface area (Å²) in [4.78, 5) is 17.3. The summed E-state index contributed by atoms with van der Waals surface area (Å²) in [7, 11) is 3.19. The van der Waals surface area contributed by atoms with Gasteiger partial charge in [0, 0.05) is 22.9 Å². The normalized spacial score (nSPS) is 11.0. The maximum absolute atomic E-state index is 12.7. The van der Waals surface area contributed by atoms with Gasteiger partial charge in [0.1, 0.15) is 22.8 Å². The molecule has 7 nitrogen and oxygen atoms in total. The Labute approximate surface area is 202 Å². The van der Waals surface area contributed by atoms with E-state index >= 15 is 0 Å². The molecule has 0 radical (unpaired) electrons. The van der Waals surface area contributed by atoms with Crippen LogP contribution >= 0.6 is 11.3 Å². The predicted molar refractivity (Wildman–Crippen MR) is 136 cm³/mol. The van der Waals surface area contributed by atoms with Gasteiger partial charge < -0.3 is 24.3 Å². The third-order valence-electron chi connectivity index (χ3n) is 5.66. The number of hydrogen-bond acceptors (Lipinski definition) is 8. The Morgan fingerprint density at radius 1 is 1.09 bits per heavy atom. The standard InChI is InChI=1S/C26H28N2O5S/c1-4-5-6-7-8-16-11-17-12-19(25(30)33-24(17)14-22(16)29)21-15-34-26(28-21)27-20-13-18(31-2)9-10-23(20)32-3/h9-15,29H,4-8H2,1-3H3,(H,27,28). The molecule has 0 aliphatic heterocycles. The van der Waals surface area contributed by atoms with Crippen LogP contribution in [0.25, 0.3) is 22.2 Å². The molecule has 0 aliphatic rings. The van der Waals surface area contributed by atoms with Crippen LogP contribution in [-0.2, 0) is 6.42 Å². The van der Waals surface area contributed by atoms with E-state index in [2.05, 4.69) is 17.2 Å². The van der Waals surface area contributed by atoms with Crippen molar-refractivity contribution in [2.45, 2.75) is 39.0 Å². The van der Waals surface area contributed by atoms with Crippen molar-refractivity contribution < 1.29 is 19.0 Å². The molecule has 0 amide bonds. The predicted octanol–water partition coefficient (Wildman–Crippen LogP) is 6.51. The second-order valence-corrected chi connectivity index (χ2v) is 8.86. The third-order valence-corrected chi connectivity index (χ3v) is 6.42. The molecule has 2 N–H and O–H groups in total. The number of nitrogens with one attached hydrogen (secondary N) is 1. The Bertz CT molecular complexity index is 1350. The summed E-state index contributed by atoms with van der Waals surface area (Å²) >= 11 is 1.37. The van der Waals surface area contributed by atoms with Crippen molar-refractivity contribution in [1.29, 1.82) is 0 Å². The zero-order valence-electron chi connectivity index (χ0n) is 19.5. The van der Waals surface area contributed by atoms with E-state index < -0.39 is 5.63 Å². The number of ether oxygens (including phenoxy) is 2. The fraction of sp³-hybridized carbons (Fsp3) is 0.308. The first-order valence-corrected chi connectivity index (χ1v) is 12.1. The topological polar surface area (TPSA) is 93.8 Å². The highest BCUT2D eigenvalue weighted by Crippen LogP contribution is 2.34. The third kappa shape index (κ3) is 5.17. The Kier molecular flexibility index (Phi) is 7.37. The summed E-state index contributed by atoms with van der Waals surface area (Å²) in [6, 6.07) is 10.6. The van der Waals surface area contributed by atoms with E-state index in [9.17, 15) is 9.90 Å². The first-order chi connectivity index (χ1) is 16.5. The van der Waals surface area contributed by atoms with Crippen molar-refractivity contribution in [2.75, 3.05) is 19.5 Å². The van der Waals surface area contributed by atoms with Gasteiger partial charge in [-0.1, -0.05) is 26.2 Å². The molecule has 0 saturated heterocycles. The van der Waals surface area contributed by atoms with Crippen molar-refractivity contribution in [3.05, 3.63) is 57.8 Å². The maximum Gasteiger partial charge on any atom is 0.345 e. The molecular weight excluding hydrogens is 452 g/mol. The largest absolute Gasteiger partial charge is 0.508 e. The smallest absolute Gasteiger partial charge is 0.345 e. The van der Waals surface area contributed by atoms with Gasteiger partial charge >= 0.3 is 5.63 Å². The van der Waals surface area contributed by atoms with E-state index in [1.54, 1.807) is 25.7 Å². The van der Waals surface area contributed by atoms with Crippen molar-refractivity contribution in [2.24, 2.45) is 0 Å². The number of fused-ring (bicyclic) bond motifs is 1. The highest BCUT2D eigenvalue weighted by molar-refractivity contribution is 7.14. The van der Waals surface area contributed by atoms with Gasteiger partial charge in [-0.05, 0) is 42.7 Å². The lowest BCUT2D eigenvalue weighted by molar-refractivity contribution is 0.405. The number of aromatic nitrogens is 1. The second kappa shape index (κ2) is 10.6. The number of unbranched alkanes of at least 4 members (excludes halogenated alkanes) is 3. The van der Waals surface area contributed by atoms with Gasteiger partial charge in [0.15, 0.2) is 5.13 Å². The molecule has 0 unspecified atom stereocenters. The van der Waals surface area contributed by atoms with E-state index in [0.29, 0.717) is 39.2 Å². The molecule has 4 rings (SSSR count). The molecule has 178 valence electrons. The van der Waals surface area contributed by atoms with Crippen molar-refractivity contribution in [1.82, 2.24) is 4.98 Å². The highest BCUT2D eigenvalue weighted by atomic mass is 32.1. The maximum atomic E-state index is 12.7. The lowest BCUT2D eigenvalue weighted by Crippen LogP contribution is -2.03. The molecule has 2 heterocycles. The van der Waals surface area contributed by atoms with Crippen molar-refractivity contribution in [3.8, 4) is 28.5 Å². The number of aromatic hydroxyl groups is 1. The van der Waals surface area contributed by atoms with Crippen LogP contribution in [0.5, 0.6) is 17.2 Å². The minimum absolute atomic E-state index is 0.160. The minimum Gasteiger partial charge on any atom is -0.508 e. The number of anilines is 2. The number of phenols is 1. The van der Waals surface area contributed by atoms with Crippen LogP contribution < -0.4 is 20.4 Å². The molecule has 0 bridgehead atoms. The number of phenolic OH excluding ortho intramolecular Hbond substituents is 1. The first-order valence-electron chi connectivity index (χ1n) is 11.3. The zero-order chi connectivity index (χ0) is 24.1. The second-order valence-electron chi connectivity index (χ2n) is 8.01. The van der Waals surface area contributed by atoms with Gasteiger partial charge in [-0.3, -0.25) is 0 Å². The monoisotopic (exact) mass is 480 g/mol. The zero-order valence-corrected chi connectivity index (χ0v) is 20.3. The molecule has 0 spiro atoms. The first kappa shape index (κ1) is 23.6. The van der Waals surface area contributed by atoms with Crippen LogP contribution in [0.4, 0.5) is 10.8 Å². The lowest BCUT2D eigenvalue weighted by atomic mass is 10.0. The van der Waals surface area contributed by atoms with Crippen molar-refractivity contribution >= 4 is 33.1 Å². The van der Waals surface area contributed by atoms with Crippen molar-refractivity contribution in [3.63, 3.8) is 0 Å². The number of hydrogen-bond donors (Lipinski definition) is 2. The van der Waals surface area contributed by atoms with Crippen LogP contribution in [0, 0.1) is 0 Å². The number of rotatable bonds is 10. The summed E-state index contributed by atoms with van der Waals surface area (Å²) in [5.41, 5.74) is 2.31. The number of methoxy groups -OCH3 is 2. The fourth-order valence-electron chi connectivity index (χ4n) is 3.81. The van der Waals surface area contributed by atoms with E-state index in [1.807, 2.05) is 24.3 Å². The molecule has 0 fully saturated rings. The number of aryl methyl sites for hydroxylation is 1. The van der Waals surface area contributed by atoms with Crippen LogP contribution in [0.2, 0.25) is 0 Å². The van der Waals surface area contributed by atoms with E-state index in [4.69, 9.17) is 13.9 Å². The summed E-state index contributed by atoms with van der Waals surface area (Å²) in [5.74, 6) is 1.49. The molecule has 4 aromatic rings. The number of benzene rings is 2. The molecule has 34 heavy (non-hydrogen) atoms.